The van der Waals surface area contributed by atoms with Crippen molar-refractivity contribution < 1.29 is 19.1 Å². The maximum atomic E-state index is 11.9. The van der Waals surface area contributed by atoms with Crippen LogP contribution in [0.4, 0.5) is 5.69 Å². The number of carbonyl (C=O) groups excluding carboxylic acids is 3. The highest BCUT2D eigenvalue weighted by Crippen LogP contribution is 2.18. The Morgan fingerprint density at radius 1 is 1.22 bits per heavy atom. The van der Waals surface area contributed by atoms with E-state index in [2.05, 4.69) is 5.32 Å². The first-order valence-electron chi connectivity index (χ1n) is 7.85. The van der Waals surface area contributed by atoms with E-state index in [1.807, 2.05) is 13.8 Å². The van der Waals surface area contributed by atoms with Crippen LogP contribution >= 0.6 is 0 Å². The molecule has 0 radical (unpaired) electrons. The summed E-state index contributed by atoms with van der Waals surface area (Å²) in [5.41, 5.74) is 1.38. The highest BCUT2D eigenvalue weighted by molar-refractivity contribution is 6.21. The van der Waals surface area contributed by atoms with Crippen LogP contribution in [0.5, 0.6) is 0 Å². The number of allylic oxidation sites excluding steroid dienone is 1. The molecule has 1 aromatic carbocycles. The SMILES string of the molecule is CCC(C)OC(=O)c1ccc(NC=C2C(=O)CCCC2=O)cc1. The average Bonchev–Trinajstić information content (AvgIpc) is 2.54. The highest BCUT2D eigenvalue weighted by Gasteiger charge is 2.22. The van der Waals surface area contributed by atoms with Gasteiger partial charge in [-0.15, -0.1) is 0 Å². The number of carbonyl (C=O) groups is 3. The molecule has 0 saturated heterocycles. The number of benzene rings is 1. The number of hydrogen-bond donors (Lipinski definition) is 1. The predicted molar refractivity (Wildman–Crippen MR) is 87.2 cm³/mol. The lowest BCUT2D eigenvalue weighted by Crippen LogP contribution is -2.19. The first-order chi connectivity index (χ1) is 11.0. The summed E-state index contributed by atoms with van der Waals surface area (Å²) in [6.45, 7) is 3.80. The van der Waals surface area contributed by atoms with Gasteiger partial charge < -0.3 is 10.1 Å². The first kappa shape index (κ1) is 16.9. The zero-order chi connectivity index (χ0) is 16.8. The van der Waals surface area contributed by atoms with Gasteiger partial charge in [0.2, 0.25) is 0 Å². The van der Waals surface area contributed by atoms with Gasteiger partial charge in [-0.05, 0) is 44.0 Å². The molecule has 23 heavy (non-hydrogen) atoms. The molecule has 0 heterocycles. The van der Waals surface area contributed by atoms with Gasteiger partial charge in [0.15, 0.2) is 11.6 Å². The van der Waals surface area contributed by atoms with Gasteiger partial charge in [0, 0.05) is 24.7 Å². The molecule has 5 nitrogen and oxygen atoms in total. The largest absolute Gasteiger partial charge is 0.459 e. The first-order valence-corrected chi connectivity index (χ1v) is 7.85. The van der Waals surface area contributed by atoms with Gasteiger partial charge in [0.05, 0.1) is 17.2 Å². The second-order valence-electron chi connectivity index (χ2n) is 5.60. The topological polar surface area (TPSA) is 72.5 Å². The summed E-state index contributed by atoms with van der Waals surface area (Å²) in [6.07, 6.45) is 3.56. The van der Waals surface area contributed by atoms with E-state index in [1.165, 1.54) is 6.20 Å². The fourth-order valence-electron chi connectivity index (χ4n) is 2.19. The van der Waals surface area contributed by atoms with E-state index in [4.69, 9.17) is 4.74 Å². The van der Waals surface area contributed by atoms with Crippen molar-refractivity contribution in [2.24, 2.45) is 0 Å². The molecule has 2 rings (SSSR count). The van der Waals surface area contributed by atoms with Gasteiger partial charge in [-0.3, -0.25) is 9.59 Å². The quantitative estimate of drug-likeness (QED) is 0.513. The van der Waals surface area contributed by atoms with Gasteiger partial charge in [-0.25, -0.2) is 4.79 Å². The molecule has 1 unspecified atom stereocenters. The number of esters is 1. The van der Waals surface area contributed by atoms with Crippen LogP contribution in [-0.4, -0.2) is 23.6 Å². The monoisotopic (exact) mass is 315 g/mol. The molecule has 0 aromatic heterocycles. The number of ketones is 2. The fraction of sp³-hybridized carbons (Fsp3) is 0.389. The molecule has 0 aliphatic heterocycles. The number of anilines is 1. The molecule has 1 saturated carbocycles. The van der Waals surface area contributed by atoms with Crippen LogP contribution in [0.2, 0.25) is 0 Å². The fourth-order valence-corrected chi connectivity index (χ4v) is 2.19. The standard InChI is InChI=1S/C18H21NO4/c1-3-12(2)23-18(22)13-7-9-14(10-8-13)19-11-15-16(20)5-4-6-17(15)21/h7-12,19H,3-6H2,1-2H3. The van der Waals surface area contributed by atoms with Crippen molar-refractivity contribution in [1.29, 1.82) is 0 Å². The van der Waals surface area contributed by atoms with Crippen molar-refractivity contribution in [3.05, 3.63) is 41.6 Å². The minimum atomic E-state index is -0.359. The lowest BCUT2D eigenvalue weighted by atomic mass is 9.93. The van der Waals surface area contributed by atoms with E-state index in [0.717, 1.165) is 6.42 Å². The zero-order valence-corrected chi connectivity index (χ0v) is 13.4. The molecule has 122 valence electrons. The van der Waals surface area contributed by atoms with Crippen LogP contribution < -0.4 is 5.32 Å². The van der Waals surface area contributed by atoms with E-state index in [1.54, 1.807) is 24.3 Å². The molecule has 5 heteroatoms. The van der Waals surface area contributed by atoms with Crippen LogP contribution in [0.15, 0.2) is 36.0 Å². The van der Waals surface area contributed by atoms with Gasteiger partial charge in [-0.1, -0.05) is 6.92 Å². The Labute approximate surface area is 135 Å². The van der Waals surface area contributed by atoms with Crippen molar-refractivity contribution >= 4 is 23.2 Å². The average molecular weight is 315 g/mol. The third-order valence-corrected chi connectivity index (χ3v) is 3.80. The van der Waals surface area contributed by atoms with Crippen molar-refractivity contribution in [3.63, 3.8) is 0 Å². The molecule has 1 atom stereocenters. The van der Waals surface area contributed by atoms with Gasteiger partial charge in [0.25, 0.3) is 0 Å². The van der Waals surface area contributed by atoms with Crippen molar-refractivity contribution in [2.75, 3.05) is 5.32 Å². The Hall–Kier alpha value is -2.43. The van der Waals surface area contributed by atoms with Gasteiger partial charge in [0.1, 0.15) is 0 Å². The van der Waals surface area contributed by atoms with E-state index in [-0.39, 0.29) is 29.2 Å². The Morgan fingerprint density at radius 3 is 2.39 bits per heavy atom. The maximum Gasteiger partial charge on any atom is 0.338 e. The summed E-state index contributed by atoms with van der Waals surface area (Å²) in [5, 5.41) is 2.94. The smallest absolute Gasteiger partial charge is 0.338 e. The number of nitrogens with one attached hydrogen (secondary N) is 1. The van der Waals surface area contributed by atoms with E-state index < -0.39 is 0 Å². The lowest BCUT2D eigenvalue weighted by molar-refractivity contribution is -0.123. The second-order valence-corrected chi connectivity index (χ2v) is 5.60. The third-order valence-electron chi connectivity index (χ3n) is 3.80. The number of hydrogen-bond acceptors (Lipinski definition) is 5. The Kier molecular flexibility index (Phi) is 5.68. The second kappa shape index (κ2) is 7.72. The predicted octanol–water partition coefficient (Wildman–Crippen LogP) is 3.26. The Balaban J connectivity index is 2.01. The summed E-state index contributed by atoms with van der Waals surface area (Å²) in [4.78, 5) is 35.3. The van der Waals surface area contributed by atoms with Crippen molar-refractivity contribution in [1.82, 2.24) is 0 Å². The summed E-state index contributed by atoms with van der Waals surface area (Å²) in [7, 11) is 0. The van der Waals surface area contributed by atoms with Crippen LogP contribution in [0.3, 0.4) is 0 Å². The molecular formula is C18H21NO4. The summed E-state index contributed by atoms with van der Waals surface area (Å²) < 4.78 is 5.25. The number of rotatable bonds is 5. The molecule has 0 amide bonds. The molecular weight excluding hydrogens is 294 g/mol. The number of Topliss-reactive ketones (excluding diaryl/α,β-unsaturated/α-hetero) is 2. The van der Waals surface area contributed by atoms with Crippen LogP contribution in [0.1, 0.15) is 49.9 Å². The van der Waals surface area contributed by atoms with Gasteiger partial charge in [-0.2, -0.15) is 0 Å². The van der Waals surface area contributed by atoms with Crippen LogP contribution in [-0.2, 0) is 14.3 Å². The minimum absolute atomic E-state index is 0.117. The lowest BCUT2D eigenvalue weighted by Gasteiger charge is -2.12. The Bertz CT molecular complexity index is 613. The highest BCUT2D eigenvalue weighted by atomic mass is 16.5. The van der Waals surface area contributed by atoms with Crippen LogP contribution in [0.25, 0.3) is 0 Å². The molecule has 1 aliphatic rings. The molecule has 1 aromatic rings. The summed E-state index contributed by atoms with van der Waals surface area (Å²) >= 11 is 0. The zero-order valence-electron chi connectivity index (χ0n) is 13.4. The summed E-state index contributed by atoms with van der Waals surface area (Å²) in [5.74, 6) is -0.605. The molecule has 1 aliphatic carbocycles. The third kappa shape index (κ3) is 4.52. The minimum Gasteiger partial charge on any atom is -0.459 e. The van der Waals surface area contributed by atoms with E-state index in [0.29, 0.717) is 30.5 Å². The molecule has 1 fully saturated rings. The molecule has 0 spiro atoms. The number of ether oxygens (including phenoxy) is 1. The normalized spacial score (nSPS) is 16.0. The van der Waals surface area contributed by atoms with E-state index >= 15 is 0 Å². The van der Waals surface area contributed by atoms with E-state index in [9.17, 15) is 14.4 Å². The maximum absolute atomic E-state index is 11.9. The van der Waals surface area contributed by atoms with Gasteiger partial charge >= 0.3 is 5.97 Å². The summed E-state index contributed by atoms with van der Waals surface area (Å²) in [6, 6.07) is 6.72. The van der Waals surface area contributed by atoms with Crippen LogP contribution in [0, 0.1) is 0 Å². The molecule has 0 bridgehead atoms. The van der Waals surface area contributed by atoms with Crippen molar-refractivity contribution in [3.8, 4) is 0 Å². The molecule has 1 N–H and O–H groups in total. The van der Waals surface area contributed by atoms with Crippen molar-refractivity contribution in [2.45, 2.75) is 45.6 Å². The Morgan fingerprint density at radius 2 is 1.83 bits per heavy atom.